The van der Waals surface area contributed by atoms with E-state index in [0.717, 1.165) is 0 Å². The van der Waals surface area contributed by atoms with Crippen molar-refractivity contribution in [1.82, 2.24) is 5.32 Å². The summed E-state index contributed by atoms with van der Waals surface area (Å²) in [6.07, 6.45) is 36.7. The van der Waals surface area contributed by atoms with E-state index in [4.69, 9.17) is 15.0 Å². The van der Waals surface area contributed by atoms with Gasteiger partial charge in [0.15, 0.2) is 0 Å². The molecule has 0 heterocycles. The minimum absolute atomic E-state index is 0.438. The highest BCUT2D eigenvalue weighted by molar-refractivity contribution is 5.53. The highest BCUT2D eigenvalue weighted by Gasteiger charge is 2.27. The van der Waals surface area contributed by atoms with E-state index in [1.54, 1.807) is 0 Å². The van der Waals surface area contributed by atoms with E-state index in [1.165, 1.54) is 180 Å². The van der Waals surface area contributed by atoms with Crippen molar-refractivity contribution < 1.29 is 15.0 Å². The van der Waals surface area contributed by atoms with Crippen molar-refractivity contribution in [2.45, 2.75) is 207 Å². The molecule has 0 radical (unpaired) electrons. The molecule has 0 aliphatic rings. The lowest BCUT2D eigenvalue weighted by Crippen LogP contribution is -2.45. The quantitative estimate of drug-likeness (QED) is 0.0823. The van der Waals surface area contributed by atoms with E-state index in [0.29, 0.717) is 5.54 Å². The molecule has 230 valence electrons. The maximum Gasteiger partial charge on any atom is 0.503 e. The van der Waals surface area contributed by atoms with Crippen molar-refractivity contribution in [2.75, 3.05) is 6.54 Å². The molecule has 0 spiro atoms. The predicted molar refractivity (Wildman–Crippen MR) is 169 cm³/mol. The number of unbranched alkanes of at least 4 members (excludes halogenated alkanes) is 20. The van der Waals surface area contributed by atoms with Crippen LogP contribution in [0.5, 0.6) is 0 Å². The topological polar surface area (TPSA) is 69.6 Å². The molecule has 0 saturated heterocycles. The second kappa shape index (κ2) is 32.4. The van der Waals surface area contributed by atoms with Gasteiger partial charge in [-0.3, -0.25) is 0 Å². The minimum Gasteiger partial charge on any atom is -0.450 e. The maximum atomic E-state index is 8.56. The van der Waals surface area contributed by atoms with Gasteiger partial charge in [-0.1, -0.05) is 175 Å². The van der Waals surface area contributed by atoms with Crippen LogP contribution in [-0.4, -0.2) is 28.5 Å². The summed E-state index contributed by atoms with van der Waals surface area (Å²) in [7, 11) is 0. The summed E-state index contributed by atoms with van der Waals surface area (Å²) < 4.78 is 0. The van der Waals surface area contributed by atoms with Gasteiger partial charge in [0.1, 0.15) is 0 Å². The average Bonchev–Trinajstić information content (AvgIpc) is 2.89. The van der Waals surface area contributed by atoms with Crippen LogP contribution in [-0.2, 0) is 0 Å². The minimum atomic E-state index is -1.83. The van der Waals surface area contributed by atoms with Crippen molar-refractivity contribution in [3.8, 4) is 0 Å². The summed E-state index contributed by atoms with van der Waals surface area (Å²) in [5.41, 5.74) is 0.438. The van der Waals surface area contributed by atoms with Gasteiger partial charge < -0.3 is 15.5 Å². The summed E-state index contributed by atoms with van der Waals surface area (Å²) in [6, 6.07) is 0. The van der Waals surface area contributed by atoms with Crippen molar-refractivity contribution >= 4 is 6.16 Å². The number of carbonyl (C=O) groups is 1. The van der Waals surface area contributed by atoms with Gasteiger partial charge in [0.05, 0.1) is 0 Å². The van der Waals surface area contributed by atoms with Crippen LogP contribution < -0.4 is 5.32 Å². The first-order valence-electron chi connectivity index (χ1n) is 17.1. The van der Waals surface area contributed by atoms with Crippen LogP contribution in [0.25, 0.3) is 0 Å². The van der Waals surface area contributed by atoms with Crippen molar-refractivity contribution in [1.29, 1.82) is 0 Å². The lowest BCUT2D eigenvalue weighted by molar-refractivity contribution is 0.137. The van der Waals surface area contributed by atoms with Crippen LogP contribution in [0.3, 0.4) is 0 Å². The molecule has 0 aromatic carbocycles. The zero-order valence-electron chi connectivity index (χ0n) is 26.6. The van der Waals surface area contributed by atoms with Crippen molar-refractivity contribution in [3.63, 3.8) is 0 Å². The molecule has 0 rings (SSSR count). The Kier molecular flexibility index (Phi) is 33.6. The number of carboxylic acid groups (broad SMARTS) is 2. The van der Waals surface area contributed by atoms with Gasteiger partial charge in [0, 0.05) is 5.54 Å². The molecule has 4 nitrogen and oxygen atoms in total. The summed E-state index contributed by atoms with van der Waals surface area (Å²) in [5, 5.41) is 18.1. The SMILES string of the molecule is CCCCCCCCCCCCCCNC(CCCCCC)(CCCCCC)CCCCCC.O=C(O)O. The Labute approximate surface area is 239 Å². The third-order valence-electron chi connectivity index (χ3n) is 8.06. The number of hydrogen-bond acceptors (Lipinski definition) is 2. The fraction of sp³-hybridized carbons (Fsp3) is 0.971. The number of hydrogen-bond donors (Lipinski definition) is 3. The molecular formula is C34H71NO3. The van der Waals surface area contributed by atoms with Gasteiger partial charge in [-0.05, 0) is 32.2 Å². The molecule has 38 heavy (non-hydrogen) atoms. The zero-order valence-corrected chi connectivity index (χ0v) is 26.6. The fourth-order valence-electron chi connectivity index (χ4n) is 5.63. The van der Waals surface area contributed by atoms with E-state index >= 15 is 0 Å². The van der Waals surface area contributed by atoms with E-state index in [-0.39, 0.29) is 0 Å². The summed E-state index contributed by atoms with van der Waals surface area (Å²) in [5.74, 6) is 0. The van der Waals surface area contributed by atoms with Gasteiger partial charge in [-0.15, -0.1) is 0 Å². The molecule has 0 aromatic heterocycles. The molecule has 0 fully saturated rings. The van der Waals surface area contributed by atoms with Crippen LogP contribution in [0.4, 0.5) is 4.79 Å². The first-order valence-corrected chi connectivity index (χ1v) is 17.1. The fourth-order valence-corrected chi connectivity index (χ4v) is 5.63. The Morgan fingerprint density at radius 2 is 0.684 bits per heavy atom. The number of rotatable bonds is 29. The standard InChI is InChI=1S/C33H69N.CH2O3/c1-5-9-13-17-18-19-20-21-22-23-24-28-32-34-33(29-25-14-10-6-2,30-26-15-11-7-3)31-27-16-12-8-4;2-1(3)4/h34H,5-32H2,1-4H3;(H2,2,3,4). The largest absolute Gasteiger partial charge is 0.503 e. The third-order valence-corrected chi connectivity index (χ3v) is 8.06. The second-order valence-electron chi connectivity index (χ2n) is 11.8. The van der Waals surface area contributed by atoms with Crippen LogP contribution in [0.1, 0.15) is 201 Å². The summed E-state index contributed by atoms with van der Waals surface area (Å²) in [6.45, 7) is 10.6. The van der Waals surface area contributed by atoms with Gasteiger partial charge in [-0.25, -0.2) is 4.79 Å². The molecule has 0 aliphatic heterocycles. The third kappa shape index (κ3) is 31.4. The molecule has 0 bridgehead atoms. The normalized spacial score (nSPS) is 11.4. The van der Waals surface area contributed by atoms with Crippen LogP contribution >= 0.6 is 0 Å². The highest BCUT2D eigenvalue weighted by Crippen LogP contribution is 2.29. The molecule has 3 N–H and O–H groups in total. The Morgan fingerprint density at radius 1 is 0.447 bits per heavy atom. The van der Waals surface area contributed by atoms with E-state index in [9.17, 15) is 0 Å². The molecule has 0 unspecified atom stereocenters. The molecule has 0 atom stereocenters. The van der Waals surface area contributed by atoms with E-state index in [2.05, 4.69) is 33.0 Å². The van der Waals surface area contributed by atoms with Crippen LogP contribution in [0.15, 0.2) is 0 Å². The predicted octanol–water partition coefficient (Wildman–Crippen LogP) is 12.1. The lowest BCUT2D eigenvalue weighted by atomic mass is 9.81. The lowest BCUT2D eigenvalue weighted by Gasteiger charge is -2.36. The Balaban J connectivity index is 0. The van der Waals surface area contributed by atoms with E-state index in [1.807, 2.05) is 0 Å². The maximum absolute atomic E-state index is 8.56. The molecular weight excluding hydrogens is 470 g/mol. The molecule has 0 saturated carbocycles. The first-order chi connectivity index (χ1) is 18.5. The Bertz CT molecular complexity index is 420. The Morgan fingerprint density at radius 3 is 0.974 bits per heavy atom. The second-order valence-corrected chi connectivity index (χ2v) is 11.8. The first kappa shape index (κ1) is 39.4. The van der Waals surface area contributed by atoms with Crippen LogP contribution in [0.2, 0.25) is 0 Å². The van der Waals surface area contributed by atoms with E-state index < -0.39 is 6.16 Å². The molecule has 0 amide bonds. The Hall–Kier alpha value is -0.770. The number of nitrogens with one attached hydrogen (secondary N) is 1. The molecule has 0 aliphatic carbocycles. The van der Waals surface area contributed by atoms with Gasteiger partial charge in [0.25, 0.3) is 0 Å². The van der Waals surface area contributed by atoms with Gasteiger partial charge >= 0.3 is 6.16 Å². The van der Waals surface area contributed by atoms with Gasteiger partial charge in [0.2, 0.25) is 0 Å². The van der Waals surface area contributed by atoms with Crippen molar-refractivity contribution in [2.24, 2.45) is 0 Å². The van der Waals surface area contributed by atoms with Crippen LogP contribution in [0, 0.1) is 0 Å². The monoisotopic (exact) mass is 542 g/mol. The zero-order chi connectivity index (χ0) is 28.6. The molecule has 0 aromatic rings. The molecule has 4 heteroatoms. The summed E-state index contributed by atoms with van der Waals surface area (Å²) in [4.78, 5) is 8.56. The average molecular weight is 542 g/mol. The smallest absolute Gasteiger partial charge is 0.450 e. The van der Waals surface area contributed by atoms with Crippen molar-refractivity contribution in [3.05, 3.63) is 0 Å². The summed E-state index contributed by atoms with van der Waals surface area (Å²) >= 11 is 0. The highest BCUT2D eigenvalue weighted by atomic mass is 16.6. The van der Waals surface area contributed by atoms with Gasteiger partial charge in [-0.2, -0.15) is 0 Å².